The first-order chi connectivity index (χ1) is 70.2. The maximum atomic E-state index is 15.5. The van der Waals surface area contributed by atoms with Crippen LogP contribution in [-0.4, -0.2) is 175 Å². The van der Waals surface area contributed by atoms with Crippen LogP contribution in [-0.2, 0) is 32.3 Å². The van der Waals surface area contributed by atoms with Gasteiger partial charge in [0.25, 0.3) is 5.91 Å². The van der Waals surface area contributed by atoms with Crippen LogP contribution in [0.1, 0.15) is 165 Å². The minimum Gasteiger partial charge on any atom is -0.490 e. The number of carbonyl (C=O) groups excluding carboxylic acids is 5. The molecular weight excluding hydrogens is 1890 g/mol. The van der Waals surface area contributed by atoms with Gasteiger partial charge in [-0.25, -0.2) is 64.4 Å². The molecule has 0 bridgehead atoms. The summed E-state index contributed by atoms with van der Waals surface area (Å²) in [7, 11) is 1.43. The molecule has 17 N–H and O–H groups in total. The van der Waals surface area contributed by atoms with Gasteiger partial charge in [0, 0.05) is 238 Å². The number of benzene rings is 4. The summed E-state index contributed by atoms with van der Waals surface area (Å²) in [4.78, 5) is 115. The van der Waals surface area contributed by atoms with Gasteiger partial charge in [0.1, 0.15) is 75.3 Å². The molecule has 13 aromatic rings. The number of unbranched alkanes of at least 4 members (excludes halogenated alkanes) is 1. The molecule has 4 aliphatic rings. The summed E-state index contributed by atoms with van der Waals surface area (Å²) in [6.07, 6.45) is 24.4. The van der Waals surface area contributed by atoms with Crippen molar-refractivity contribution in [3.05, 3.63) is 292 Å². The van der Waals surface area contributed by atoms with Crippen molar-refractivity contribution in [3.8, 4) is 62.5 Å². The van der Waals surface area contributed by atoms with E-state index in [1.807, 2.05) is 31.2 Å². The number of aromatic nitrogens is 10. The highest BCUT2D eigenvalue weighted by molar-refractivity contribution is 6.04. The standard InChI is InChI=1S/C30H28F3N5O2.C27H30F3N5O2.C27H30F2N6O2.C22H24FN7O2/c31-21-8-9-26(40-17-18-5-2-1-3-6-18)28(33)27(21)29-22(32)14-23(35)30(37-29)25(39)13-19-15-36-11-10-24(19)38-12-4-7-20(34)16-38;1-2-3-11-37-23-7-6-18(28)24(25(23)30)26-19(29)13-20(32)27(34-26)22(36)12-16-14-33-9-8-21(16)35-10-4-5-17(31)15-35;1-15(2)33-27(37)16-5-6-20(28)19(10-16)25-21(29)12-22(31)26(34-25)24(36)11-17-13-32-8-7-23(17)35-9-3-4-18(30)14-35;1-32-20-11-27-10-17(28-20)21-15(23)8-16(25)22(29-21)19(31)7-13-9-26-5-4-18(13)30-6-2-3-14(24)12-30/h1-3,5-6,8-11,14-15,20H,4,7,12-13,16-17,34-35H2;6-9,13-14,17H,2-5,10-12,15,31-32H2,1H3;5-8,10,12-13,15,18H,3-4,9,11,14,30-31H2,1-2H3,(H,33,37);4-5,8-11,14H,2-3,6-7,12,24-25H2,1H3/t20-;17-;18-;14-/m0000/s1. The first-order valence-corrected chi connectivity index (χ1v) is 47.6. The van der Waals surface area contributed by atoms with Gasteiger partial charge in [-0.3, -0.25) is 48.9 Å². The largest absolute Gasteiger partial charge is 0.490 e. The number of Topliss-reactive ketones (excluding diaryl/α,β-unsaturated/α-hetero) is 4. The Kier molecular flexibility index (Phi) is 35.7. The molecule has 4 saturated heterocycles. The third-order valence-corrected chi connectivity index (χ3v) is 24.7. The van der Waals surface area contributed by atoms with Crippen molar-refractivity contribution in [2.45, 2.75) is 147 Å². The number of ketones is 4. The predicted molar refractivity (Wildman–Crippen MR) is 539 cm³/mol. The van der Waals surface area contributed by atoms with Crippen molar-refractivity contribution in [3.63, 3.8) is 0 Å². The van der Waals surface area contributed by atoms with Crippen molar-refractivity contribution >= 4 is 74.5 Å². The summed E-state index contributed by atoms with van der Waals surface area (Å²) in [5, 5.41) is 2.71. The number of pyridine rings is 8. The summed E-state index contributed by atoms with van der Waals surface area (Å²) in [6, 6.07) is 27.8. The first-order valence-electron chi connectivity index (χ1n) is 47.6. The number of hydrogen-bond acceptors (Lipinski definition) is 30. The molecule has 4 fully saturated rings. The van der Waals surface area contributed by atoms with Crippen molar-refractivity contribution in [1.82, 2.24) is 55.2 Å². The Bertz CT molecular complexity index is 6900. The normalized spacial score (nSPS) is 15.6. The Morgan fingerprint density at radius 2 is 0.774 bits per heavy atom. The van der Waals surface area contributed by atoms with Crippen LogP contribution in [0.2, 0.25) is 0 Å². The van der Waals surface area contributed by atoms with Crippen LogP contribution < -0.4 is 85.0 Å². The topological polar surface area (TPSA) is 475 Å². The molecule has 4 atom stereocenters. The molecular formula is C106H112F9N23O8. The fraction of sp³-hybridized carbons (Fsp3) is 0.311. The zero-order chi connectivity index (χ0) is 104. The van der Waals surface area contributed by atoms with Gasteiger partial charge in [-0.15, -0.1) is 0 Å². The number of piperidine rings is 4. The van der Waals surface area contributed by atoms with Gasteiger partial charge in [-0.2, -0.15) is 0 Å². The number of ether oxygens (including phenoxy) is 3. The molecule has 0 radical (unpaired) electrons. The number of nitrogens with one attached hydrogen (secondary N) is 1. The van der Waals surface area contributed by atoms with Gasteiger partial charge in [0.15, 0.2) is 69.5 Å². The van der Waals surface area contributed by atoms with E-state index in [0.717, 1.165) is 172 Å². The molecule has 13 heterocycles. The van der Waals surface area contributed by atoms with E-state index >= 15 is 13.2 Å². The molecule has 0 saturated carbocycles. The minimum absolute atomic E-state index is 0.0135. The van der Waals surface area contributed by atoms with Gasteiger partial charge in [0.2, 0.25) is 5.88 Å². The van der Waals surface area contributed by atoms with Crippen LogP contribution in [0.5, 0.6) is 17.4 Å². The number of carbonyl (C=O) groups is 5. The Hall–Kier alpha value is -15.7. The summed E-state index contributed by atoms with van der Waals surface area (Å²) in [5.41, 5.74) is 50.3. The highest BCUT2D eigenvalue weighted by Crippen LogP contribution is 2.40. The number of nitrogens with zero attached hydrogens (tertiary/aromatic N) is 14. The molecule has 17 rings (SSSR count). The highest BCUT2D eigenvalue weighted by atomic mass is 19.2. The Labute approximate surface area is 836 Å². The zero-order valence-electron chi connectivity index (χ0n) is 80.7. The molecule has 31 nitrogen and oxygen atoms in total. The van der Waals surface area contributed by atoms with Gasteiger partial charge < -0.3 is 85.0 Å². The summed E-state index contributed by atoms with van der Waals surface area (Å²) >= 11 is 0. The Morgan fingerprint density at radius 3 is 1.15 bits per heavy atom. The number of rotatable bonds is 30. The maximum Gasteiger partial charge on any atom is 0.251 e. The fourth-order valence-electron chi connectivity index (χ4n) is 17.6. The van der Waals surface area contributed by atoms with E-state index in [1.54, 1.807) is 93.8 Å². The van der Waals surface area contributed by atoms with E-state index < -0.39 is 104 Å². The summed E-state index contributed by atoms with van der Waals surface area (Å²) in [5.74, 6) is -11.5. The first kappa shape index (κ1) is 106. The Balaban J connectivity index is 0.000000154. The second-order valence-electron chi connectivity index (χ2n) is 36.1. The lowest BCUT2D eigenvalue weighted by Crippen LogP contribution is -2.43. The maximum absolute atomic E-state index is 15.5. The Morgan fingerprint density at radius 1 is 0.411 bits per heavy atom. The lowest BCUT2D eigenvalue weighted by molar-refractivity contribution is 0.0939. The third-order valence-electron chi connectivity index (χ3n) is 24.7. The van der Waals surface area contributed by atoms with Crippen LogP contribution in [0.3, 0.4) is 0 Å². The number of amides is 1. The van der Waals surface area contributed by atoms with Crippen LogP contribution in [0.25, 0.3) is 45.2 Å². The minimum atomic E-state index is -1.14. The average Bonchev–Trinajstić information content (AvgIpc) is 0.807. The number of nitrogens with two attached hydrogens (primary N) is 8. The van der Waals surface area contributed by atoms with Gasteiger partial charge in [-0.05, 0) is 144 Å². The van der Waals surface area contributed by atoms with Gasteiger partial charge in [0.05, 0.1) is 60.0 Å². The van der Waals surface area contributed by atoms with Crippen LogP contribution in [0.15, 0.2) is 183 Å². The molecule has 0 spiro atoms. The van der Waals surface area contributed by atoms with Crippen LogP contribution in [0, 0.1) is 52.4 Å². The van der Waals surface area contributed by atoms with E-state index in [4.69, 9.17) is 60.1 Å². The number of anilines is 8. The molecule has 9 aromatic heterocycles. The van der Waals surface area contributed by atoms with Crippen molar-refractivity contribution in [2.24, 2.45) is 22.9 Å². The van der Waals surface area contributed by atoms with E-state index in [2.05, 4.69) is 74.8 Å². The summed E-state index contributed by atoms with van der Waals surface area (Å²) in [6.45, 7) is 11.6. The average molecular weight is 2010 g/mol. The fourth-order valence-corrected chi connectivity index (χ4v) is 17.6. The van der Waals surface area contributed by atoms with E-state index in [-0.39, 0.29) is 160 Å². The molecule has 0 unspecified atom stereocenters. The molecule has 146 heavy (non-hydrogen) atoms. The summed E-state index contributed by atoms with van der Waals surface area (Å²) < 4.78 is 150. The lowest BCUT2D eigenvalue weighted by atomic mass is 10.0. The van der Waals surface area contributed by atoms with E-state index in [1.165, 1.54) is 31.6 Å². The number of nitrogen functional groups attached to an aromatic ring is 4. The van der Waals surface area contributed by atoms with Gasteiger partial charge in [-0.1, -0.05) is 43.7 Å². The van der Waals surface area contributed by atoms with Crippen molar-refractivity contribution in [1.29, 1.82) is 0 Å². The second-order valence-corrected chi connectivity index (χ2v) is 36.1. The predicted octanol–water partition coefficient (Wildman–Crippen LogP) is 15.3. The highest BCUT2D eigenvalue weighted by Gasteiger charge is 2.33. The molecule has 762 valence electrons. The molecule has 4 aromatic carbocycles. The molecule has 4 aliphatic heterocycles. The zero-order valence-corrected chi connectivity index (χ0v) is 80.7. The second kappa shape index (κ2) is 49.1. The van der Waals surface area contributed by atoms with E-state index in [9.17, 15) is 50.3 Å². The number of methoxy groups -OCH3 is 1. The van der Waals surface area contributed by atoms with Gasteiger partial charge >= 0.3 is 0 Å². The van der Waals surface area contributed by atoms with Crippen molar-refractivity contribution < 1.29 is 77.7 Å². The quantitative estimate of drug-likeness (QED) is 0.0115. The number of halogens is 9. The molecule has 40 heteroatoms. The monoisotopic (exact) mass is 2010 g/mol. The number of hydrogen-bond donors (Lipinski definition) is 9. The van der Waals surface area contributed by atoms with E-state index in [0.29, 0.717) is 49.3 Å². The van der Waals surface area contributed by atoms with Crippen molar-refractivity contribution in [2.75, 3.05) is 109 Å². The SMILES string of the molecule is CC(C)NC(=O)c1ccc(F)c(-c2nc(C(=O)Cc3cnccc3N3CCC[C@H](N)C3)c(N)cc2F)c1.CCCCOc1ccc(F)c(-c2nc(C(=O)Cc3cnccc3N3CCC[C@H](N)C3)c(N)cc2F)c1F.COc1cncc(-c2nc(C(=O)Cc3cnccc3N3CCC[C@H](N)C3)c(N)cc2F)n1.Nc1cc(F)c(-c2c(F)ccc(OCc3ccccc3)c2F)nc1C(=O)Cc1cnccc1N1CCC[C@H](N)C1. The van der Waals surface area contributed by atoms with Crippen LogP contribution >= 0.6 is 0 Å². The molecule has 1 amide bonds. The molecule has 0 aliphatic carbocycles. The smallest absolute Gasteiger partial charge is 0.251 e. The van der Waals surface area contributed by atoms with Crippen LogP contribution in [0.4, 0.5) is 85.0 Å². The third kappa shape index (κ3) is 26.3. The lowest BCUT2D eigenvalue weighted by Gasteiger charge is -2.33.